The molecule has 19 heavy (non-hydrogen) atoms. The molecular weight excluding hydrogens is 322 g/mol. The van der Waals surface area contributed by atoms with Gasteiger partial charge in [-0.1, -0.05) is 24.3 Å². The van der Waals surface area contributed by atoms with Gasteiger partial charge >= 0.3 is 0 Å². The van der Waals surface area contributed by atoms with Gasteiger partial charge in [0.2, 0.25) is 0 Å². The molecular formula is C15H14BrNOS. The highest BCUT2D eigenvalue weighted by atomic mass is 79.9. The zero-order valence-corrected chi connectivity index (χ0v) is 12.7. The van der Waals surface area contributed by atoms with Crippen LogP contribution in [0.4, 0.5) is 5.69 Å². The minimum atomic E-state index is 0.438. The van der Waals surface area contributed by atoms with Crippen molar-refractivity contribution in [3.8, 4) is 5.75 Å². The van der Waals surface area contributed by atoms with Crippen molar-refractivity contribution in [1.29, 1.82) is 0 Å². The number of anilines is 1. The maximum absolute atomic E-state index is 5.94. The zero-order valence-electron chi connectivity index (χ0n) is 10.3. The second-order valence-corrected chi connectivity index (χ2v) is 6.43. The van der Waals surface area contributed by atoms with E-state index < -0.39 is 0 Å². The van der Waals surface area contributed by atoms with Gasteiger partial charge in [0, 0.05) is 16.6 Å². The molecule has 1 aliphatic heterocycles. The molecule has 0 radical (unpaired) electrons. The normalized spacial score (nSPS) is 17.2. The molecule has 0 amide bonds. The van der Waals surface area contributed by atoms with Gasteiger partial charge in [-0.2, -0.15) is 0 Å². The lowest BCUT2D eigenvalue weighted by Crippen LogP contribution is -2.11. The molecule has 2 aromatic carbocycles. The number of hydrogen-bond acceptors (Lipinski definition) is 3. The van der Waals surface area contributed by atoms with Crippen LogP contribution in [0.3, 0.4) is 0 Å². The average Bonchev–Trinajstić information content (AvgIpc) is 2.82. The summed E-state index contributed by atoms with van der Waals surface area (Å²) >= 11 is 5.37. The molecule has 98 valence electrons. The number of nitrogens with two attached hydrogens (primary N) is 1. The minimum absolute atomic E-state index is 0.438. The fourth-order valence-corrected chi connectivity index (χ4v) is 3.96. The lowest BCUT2D eigenvalue weighted by Gasteiger charge is -2.15. The monoisotopic (exact) mass is 335 g/mol. The van der Waals surface area contributed by atoms with E-state index in [0.29, 0.717) is 18.2 Å². The number of benzene rings is 2. The third-order valence-electron chi connectivity index (χ3n) is 3.23. The first-order valence-electron chi connectivity index (χ1n) is 6.14. The maximum Gasteiger partial charge on any atom is 0.156 e. The van der Waals surface area contributed by atoms with Gasteiger partial charge in [-0.05, 0) is 39.7 Å². The van der Waals surface area contributed by atoms with Gasteiger partial charge in [-0.15, -0.1) is 11.8 Å². The standard InChI is InChI=1S/C15H14BrNOS/c16-12-5-3-6-13(17)15(12)18-8-10-9-19-14-7-2-1-4-11(10)14/h1-7,10H,8-9,17H2. The van der Waals surface area contributed by atoms with Gasteiger partial charge < -0.3 is 10.5 Å². The molecule has 0 aliphatic carbocycles. The van der Waals surface area contributed by atoms with E-state index in [1.54, 1.807) is 0 Å². The highest BCUT2D eigenvalue weighted by molar-refractivity contribution is 9.10. The van der Waals surface area contributed by atoms with Gasteiger partial charge in [0.25, 0.3) is 0 Å². The Hall–Kier alpha value is -1.13. The lowest BCUT2D eigenvalue weighted by atomic mass is 10.0. The van der Waals surface area contributed by atoms with E-state index in [1.165, 1.54) is 10.5 Å². The van der Waals surface area contributed by atoms with Crippen molar-refractivity contribution in [2.45, 2.75) is 10.8 Å². The SMILES string of the molecule is Nc1cccc(Br)c1OCC1CSc2ccccc21. The van der Waals surface area contributed by atoms with Crippen molar-refractivity contribution in [2.24, 2.45) is 0 Å². The first kappa shape index (κ1) is 12.9. The molecule has 4 heteroatoms. The number of para-hydroxylation sites is 1. The topological polar surface area (TPSA) is 35.2 Å². The highest BCUT2D eigenvalue weighted by Crippen LogP contribution is 2.40. The van der Waals surface area contributed by atoms with Gasteiger partial charge in [-0.25, -0.2) is 0 Å². The molecule has 3 rings (SSSR count). The number of ether oxygens (including phenoxy) is 1. The minimum Gasteiger partial charge on any atom is -0.490 e. The molecule has 1 atom stereocenters. The van der Waals surface area contributed by atoms with Crippen molar-refractivity contribution in [3.05, 3.63) is 52.5 Å². The van der Waals surface area contributed by atoms with Gasteiger partial charge in [0.15, 0.2) is 5.75 Å². The second kappa shape index (κ2) is 5.47. The van der Waals surface area contributed by atoms with Crippen LogP contribution in [0, 0.1) is 0 Å². The average molecular weight is 336 g/mol. The van der Waals surface area contributed by atoms with Crippen LogP contribution in [0.1, 0.15) is 11.5 Å². The number of rotatable bonds is 3. The van der Waals surface area contributed by atoms with Crippen LogP contribution in [-0.4, -0.2) is 12.4 Å². The summed E-state index contributed by atoms with van der Waals surface area (Å²) in [5.41, 5.74) is 8.00. The van der Waals surface area contributed by atoms with Crippen LogP contribution >= 0.6 is 27.7 Å². The second-order valence-electron chi connectivity index (χ2n) is 4.51. The van der Waals surface area contributed by atoms with Crippen LogP contribution in [0.2, 0.25) is 0 Å². The predicted molar refractivity (Wildman–Crippen MR) is 84.0 cm³/mol. The molecule has 0 aromatic heterocycles. The molecule has 1 unspecified atom stereocenters. The predicted octanol–water partition coefficient (Wildman–Crippen LogP) is 4.30. The Balaban J connectivity index is 1.75. The van der Waals surface area contributed by atoms with E-state index in [0.717, 1.165) is 16.0 Å². The summed E-state index contributed by atoms with van der Waals surface area (Å²) in [6, 6.07) is 14.2. The number of thioether (sulfide) groups is 1. The smallest absolute Gasteiger partial charge is 0.156 e. The fraction of sp³-hybridized carbons (Fsp3) is 0.200. The quantitative estimate of drug-likeness (QED) is 0.849. The zero-order chi connectivity index (χ0) is 13.2. The van der Waals surface area contributed by atoms with E-state index in [9.17, 15) is 0 Å². The number of hydrogen-bond donors (Lipinski definition) is 1. The third kappa shape index (κ3) is 2.60. The molecule has 0 saturated carbocycles. The Morgan fingerprint density at radius 2 is 2.05 bits per heavy atom. The molecule has 2 N–H and O–H groups in total. The number of fused-ring (bicyclic) bond motifs is 1. The summed E-state index contributed by atoms with van der Waals surface area (Å²) in [5, 5.41) is 0. The van der Waals surface area contributed by atoms with Crippen LogP contribution < -0.4 is 10.5 Å². The van der Waals surface area contributed by atoms with Gasteiger partial charge in [0.1, 0.15) is 0 Å². The van der Waals surface area contributed by atoms with E-state index in [2.05, 4.69) is 40.2 Å². The Morgan fingerprint density at radius 1 is 1.21 bits per heavy atom. The van der Waals surface area contributed by atoms with Crippen molar-refractivity contribution < 1.29 is 4.74 Å². The van der Waals surface area contributed by atoms with E-state index >= 15 is 0 Å². The largest absolute Gasteiger partial charge is 0.490 e. The summed E-state index contributed by atoms with van der Waals surface area (Å²) in [5.74, 6) is 2.26. The van der Waals surface area contributed by atoms with Crippen LogP contribution in [-0.2, 0) is 0 Å². The molecule has 0 fully saturated rings. The molecule has 1 aliphatic rings. The third-order valence-corrected chi connectivity index (χ3v) is 5.10. The summed E-state index contributed by atoms with van der Waals surface area (Å²) in [4.78, 5) is 1.37. The Labute approximate surface area is 125 Å². The summed E-state index contributed by atoms with van der Waals surface area (Å²) in [6.45, 7) is 0.664. The van der Waals surface area contributed by atoms with Gasteiger partial charge in [0.05, 0.1) is 16.8 Å². The summed E-state index contributed by atoms with van der Waals surface area (Å²) < 4.78 is 6.83. The molecule has 0 bridgehead atoms. The van der Waals surface area contributed by atoms with Crippen LogP contribution in [0.15, 0.2) is 51.8 Å². The molecule has 2 nitrogen and oxygen atoms in total. The van der Waals surface area contributed by atoms with E-state index in [4.69, 9.17) is 10.5 Å². The maximum atomic E-state index is 5.94. The van der Waals surface area contributed by atoms with Crippen molar-refractivity contribution in [2.75, 3.05) is 18.1 Å². The molecule has 0 saturated heterocycles. The van der Waals surface area contributed by atoms with Crippen molar-refractivity contribution in [1.82, 2.24) is 0 Å². The first-order valence-corrected chi connectivity index (χ1v) is 7.92. The molecule has 0 spiro atoms. The fourth-order valence-electron chi connectivity index (χ4n) is 2.23. The van der Waals surface area contributed by atoms with Crippen LogP contribution in [0.25, 0.3) is 0 Å². The Kier molecular flexibility index (Phi) is 3.71. The summed E-state index contributed by atoms with van der Waals surface area (Å²) in [6.07, 6.45) is 0. The van der Waals surface area contributed by atoms with E-state index in [1.807, 2.05) is 30.0 Å². The molecule has 2 aromatic rings. The first-order chi connectivity index (χ1) is 9.25. The molecule has 1 heterocycles. The summed E-state index contributed by atoms with van der Waals surface area (Å²) in [7, 11) is 0. The lowest BCUT2D eigenvalue weighted by molar-refractivity contribution is 0.298. The van der Waals surface area contributed by atoms with Crippen LogP contribution in [0.5, 0.6) is 5.75 Å². The Bertz CT molecular complexity index is 582. The number of nitrogen functional groups attached to an aromatic ring is 1. The van der Waals surface area contributed by atoms with Gasteiger partial charge in [-0.3, -0.25) is 0 Å². The van der Waals surface area contributed by atoms with E-state index in [-0.39, 0.29) is 0 Å². The highest BCUT2D eigenvalue weighted by Gasteiger charge is 2.23. The Morgan fingerprint density at radius 3 is 2.89 bits per heavy atom. The van der Waals surface area contributed by atoms with Crippen molar-refractivity contribution in [3.63, 3.8) is 0 Å². The number of halogens is 1. The van der Waals surface area contributed by atoms with Crippen molar-refractivity contribution >= 4 is 33.4 Å².